The number of nitrogens with zero attached hydrogens (tertiary/aromatic N) is 2. The van der Waals surface area contributed by atoms with Crippen LogP contribution in [0.25, 0.3) is 0 Å². The summed E-state index contributed by atoms with van der Waals surface area (Å²) in [5, 5.41) is 14.1. The summed E-state index contributed by atoms with van der Waals surface area (Å²) in [7, 11) is 0. The van der Waals surface area contributed by atoms with Crippen LogP contribution in [-0.2, 0) is 12.8 Å². The molecule has 6 nitrogen and oxygen atoms in total. The van der Waals surface area contributed by atoms with Crippen LogP contribution in [0.3, 0.4) is 0 Å². The molecule has 0 bridgehead atoms. The standard InChI is InChI=1S/C15H15N3O3S/c1-9-5-6-12-13(7-9)22-15(16-12)17-14(19)10-3-2-4-11(8-10)18(20)21/h2-4,8-9H,5-7H2,1H3,(H,16,17,19)/t9-/m0/s1. The number of rotatable bonds is 3. The third kappa shape index (κ3) is 2.99. The second kappa shape index (κ2) is 5.84. The van der Waals surface area contributed by atoms with Crippen molar-refractivity contribution in [2.24, 2.45) is 5.92 Å². The van der Waals surface area contributed by atoms with E-state index in [4.69, 9.17) is 0 Å². The van der Waals surface area contributed by atoms with E-state index in [-0.39, 0.29) is 17.2 Å². The number of hydrogen-bond donors (Lipinski definition) is 1. The molecule has 22 heavy (non-hydrogen) atoms. The van der Waals surface area contributed by atoms with Crippen LogP contribution >= 0.6 is 11.3 Å². The van der Waals surface area contributed by atoms with E-state index < -0.39 is 4.92 Å². The number of non-ortho nitro benzene ring substituents is 1. The Hall–Kier alpha value is -2.28. The van der Waals surface area contributed by atoms with Crippen molar-refractivity contribution in [3.8, 4) is 0 Å². The van der Waals surface area contributed by atoms with E-state index in [0.717, 1.165) is 25.0 Å². The molecule has 0 radical (unpaired) electrons. The number of nitrogens with one attached hydrogen (secondary N) is 1. The van der Waals surface area contributed by atoms with E-state index in [1.165, 1.54) is 34.4 Å². The third-order valence-electron chi connectivity index (χ3n) is 3.73. The molecule has 0 saturated carbocycles. The molecule has 1 aliphatic carbocycles. The highest BCUT2D eigenvalue weighted by atomic mass is 32.1. The van der Waals surface area contributed by atoms with E-state index in [0.29, 0.717) is 11.0 Å². The number of aryl methyl sites for hydroxylation is 1. The van der Waals surface area contributed by atoms with Crippen molar-refractivity contribution in [1.82, 2.24) is 4.98 Å². The molecule has 1 aliphatic rings. The fourth-order valence-electron chi connectivity index (χ4n) is 2.52. The summed E-state index contributed by atoms with van der Waals surface area (Å²) in [6.45, 7) is 2.21. The first-order chi connectivity index (χ1) is 10.5. The lowest BCUT2D eigenvalue weighted by Crippen LogP contribution is -2.12. The Morgan fingerprint density at radius 2 is 2.32 bits per heavy atom. The zero-order valence-electron chi connectivity index (χ0n) is 12.0. The van der Waals surface area contributed by atoms with Crippen molar-refractivity contribution in [3.05, 3.63) is 50.5 Å². The average Bonchev–Trinajstić information content (AvgIpc) is 2.88. The maximum absolute atomic E-state index is 12.2. The number of nitro benzene ring substituents is 1. The predicted octanol–water partition coefficient (Wildman–Crippen LogP) is 3.43. The van der Waals surface area contributed by atoms with Gasteiger partial charge in [0.25, 0.3) is 11.6 Å². The fourth-order valence-corrected chi connectivity index (χ4v) is 3.69. The van der Waals surface area contributed by atoms with E-state index >= 15 is 0 Å². The second-order valence-corrected chi connectivity index (χ2v) is 6.58. The molecule has 1 aromatic carbocycles. The van der Waals surface area contributed by atoms with Crippen LogP contribution in [0.4, 0.5) is 10.8 Å². The van der Waals surface area contributed by atoms with Gasteiger partial charge in [-0.3, -0.25) is 20.2 Å². The number of fused-ring (bicyclic) bond motifs is 1. The number of carbonyl (C=O) groups is 1. The molecule has 7 heteroatoms. The largest absolute Gasteiger partial charge is 0.298 e. The first-order valence-electron chi connectivity index (χ1n) is 7.07. The lowest BCUT2D eigenvalue weighted by atomic mass is 9.93. The summed E-state index contributed by atoms with van der Waals surface area (Å²) in [5.74, 6) is 0.274. The molecule has 1 amide bonds. The summed E-state index contributed by atoms with van der Waals surface area (Å²) >= 11 is 1.50. The van der Waals surface area contributed by atoms with Gasteiger partial charge in [-0.2, -0.15) is 0 Å². The van der Waals surface area contributed by atoms with Gasteiger partial charge in [0.2, 0.25) is 0 Å². The van der Waals surface area contributed by atoms with Gasteiger partial charge in [0.1, 0.15) is 0 Å². The zero-order chi connectivity index (χ0) is 15.7. The number of hydrogen-bond acceptors (Lipinski definition) is 5. The molecule has 1 heterocycles. The van der Waals surface area contributed by atoms with Crippen molar-refractivity contribution in [1.29, 1.82) is 0 Å². The third-order valence-corrected chi connectivity index (χ3v) is 4.76. The molecule has 1 N–H and O–H groups in total. The van der Waals surface area contributed by atoms with Gasteiger partial charge in [0.15, 0.2) is 5.13 Å². The number of aromatic nitrogens is 1. The Kier molecular flexibility index (Phi) is 3.89. The number of carbonyl (C=O) groups excluding carboxylic acids is 1. The van der Waals surface area contributed by atoms with Gasteiger partial charge in [0, 0.05) is 22.6 Å². The molecular weight excluding hydrogens is 302 g/mol. The van der Waals surface area contributed by atoms with Crippen molar-refractivity contribution < 1.29 is 9.72 Å². The minimum Gasteiger partial charge on any atom is -0.298 e. The van der Waals surface area contributed by atoms with Crippen molar-refractivity contribution in [3.63, 3.8) is 0 Å². The predicted molar refractivity (Wildman–Crippen MR) is 84.4 cm³/mol. The van der Waals surface area contributed by atoms with Crippen LogP contribution in [-0.4, -0.2) is 15.8 Å². The molecule has 1 aromatic heterocycles. The van der Waals surface area contributed by atoms with E-state index in [2.05, 4.69) is 17.2 Å². The minimum absolute atomic E-state index is 0.0973. The van der Waals surface area contributed by atoms with Gasteiger partial charge in [-0.05, 0) is 31.2 Å². The summed E-state index contributed by atoms with van der Waals surface area (Å²) in [6.07, 6.45) is 3.06. The van der Waals surface area contributed by atoms with Crippen LogP contribution in [0.5, 0.6) is 0 Å². The maximum Gasteiger partial charge on any atom is 0.270 e. The van der Waals surface area contributed by atoms with Gasteiger partial charge in [-0.1, -0.05) is 13.0 Å². The number of amides is 1. The number of thiazole rings is 1. The zero-order valence-corrected chi connectivity index (χ0v) is 12.9. The molecule has 2 aromatic rings. The fraction of sp³-hybridized carbons (Fsp3) is 0.333. The lowest BCUT2D eigenvalue weighted by molar-refractivity contribution is -0.384. The monoisotopic (exact) mass is 317 g/mol. The van der Waals surface area contributed by atoms with Crippen LogP contribution in [0.15, 0.2) is 24.3 Å². The van der Waals surface area contributed by atoms with Gasteiger partial charge in [-0.15, -0.1) is 11.3 Å². The first-order valence-corrected chi connectivity index (χ1v) is 7.89. The van der Waals surface area contributed by atoms with E-state index in [1.807, 2.05) is 0 Å². The quantitative estimate of drug-likeness (QED) is 0.694. The Morgan fingerprint density at radius 3 is 3.09 bits per heavy atom. The minimum atomic E-state index is -0.514. The summed E-state index contributed by atoms with van der Waals surface area (Å²) < 4.78 is 0. The molecule has 3 rings (SSSR count). The van der Waals surface area contributed by atoms with Crippen molar-refractivity contribution >= 4 is 28.1 Å². The van der Waals surface area contributed by atoms with Gasteiger partial charge >= 0.3 is 0 Å². The number of nitro groups is 1. The van der Waals surface area contributed by atoms with Gasteiger partial charge < -0.3 is 0 Å². The molecule has 0 unspecified atom stereocenters. The van der Waals surface area contributed by atoms with Crippen LogP contribution in [0, 0.1) is 16.0 Å². The molecule has 114 valence electrons. The van der Waals surface area contributed by atoms with Gasteiger partial charge in [-0.25, -0.2) is 4.98 Å². The molecule has 1 atom stereocenters. The number of benzene rings is 1. The summed E-state index contributed by atoms with van der Waals surface area (Å²) in [6, 6.07) is 5.69. The Balaban J connectivity index is 1.77. The van der Waals surface area contributed by atoms with Crippen LogP contribution in [0.1, 0.15) is 34.3 Å². The van der Waals surface area contributed by atoms with Crippen LogP contribution < -0.4 is 5.32 Å². The Bertz CT molecular complexity index is 741. The number of anilines is 1. The summed E-state index contributed by atoms with van der Waals surface area (Å²) in [5.41, 5.74) is 1.23. The molecule has 0 saturated heterocycles. The summed E-state index contributed by atoms with van der Waals surface area (Å²) in [4.78, 5) is 28.1. The highest BCUT2D eigenvalue weighted by Crippen LogP contribution is 2.32. The molecule has 0 spiro atoms. The van der Waals surface area contributed by atoms with Crippen LogP contribution in [0.2, 0.25) is 0 Å². The Morgan fingerprint density at radius 1 is 1.50 bits per heavy atom. The SMILES string of the molecule is C[C@H]1CCc2nc(NC(=O)c3cccc([N+](=O)[O-])c3)sc2C1. The average molecular weight is 317 g/mol. The smallest absolute Gasteiger partial charge is 0.270 e. The molecular formula is C15H15N3O3S. The highest BCUT2D eigenvalue weighted by Gasteiger charge is 2.21. The molecule has 0 aliphatic heterocycles. The van der Waals surface area contributed by atoms with E-state index in [1.54, 1.807) is 6.07 Å². The second-order valence-electron chi connectivity index (χ2n) is 5.50. The van der Waals surface area contributed by atoms with Crippen molar-refractivity contribution in [2.75, 3.05) is 5.32 Å². The van der Waals surface area contributed by atoms with Gasteiger partial charge in [0.05, 0.1) is 10.6 Å². The topological polar surface area (TPSA) is 85.1 Å². The first kappa shape index (κ1) is 14.6. The highest BCUT2D eigenvalue weighted by molar-refractivity contribution is 7.15. The Labute approximate surface area is 131 Å². The van der Waals surface area contributed by atoms with Crippen molar-refractivity contribution in [2.45, 2.75) is 26.2 Å². The normalized spacial score (nSPS) is 16.9. The maximum atomic E-state index is 12.2. The van der Waals surface area contributed by atoms with E-state index in [9.17, 15) is 14.9 Å². The lowest BCUT2D eigenvalue weighted by Gasteiger charge is -2.15. The molecule has 0 fully saturated rings.